The van der Waals surface area contributed by atoms with Crippen molar-refractivity contribution in [2.24, 2.45) is 0 Å². The molecule has 0 amide bonds. The zero-order valence-corrected chi connectivity index (χ0v) is 9.72. The summed E-state index contributed by atoms with van der Waals surface area (Å²) < 4.78 is 5.38. The normalized spacial score (nSPS) is 19.9. The van der Waals surface area contributed by atoms with Crippen LogP contribution in [0.25, 0.3) is 0 Å². The van der Waals surface area contributed by atoms with Crippen molar-refractivity contribution >= 4 is 5.97 Å². The van der Waals surface area contributed by atoms with Crippen LogP contribution in [-0.4, -0.2) is 37.1 Å². The molecule has 0 spiro atoms. The highest BCUT2D eigenvalue weighted by atomic mass is 16.5. The van der Waals surface area contributed by atoms with E-state index in [0.717, 1.165) is 19.5 Å². The van der Waals surface area contributed by atoms with Crippen LogP contribution >= 0.6 is 0 Å². The molecular formula is C13H14N2O2. The number of carbonyl (C=O) groups excluding carboxylic acids is 1. The van der Waals surface area contributed by atoms with E-state index in [-0.39, 0.29) is 12.1 Å². The minimum Gasteiger partial charge on any atom is -0.457 e. The summed E-state index contributed by atoms with van der Waals surface area (Å²) in [5.41, 5.74) is 1.04. The Morgan fingerprint density at radius 1 is 1.47 bits per heavy atom. The fraction of sp³-hybridized carbons (Fsp3) is 0.385. The molecule has 4 nitrogen and oxygen atoms in total. The van der Waals surface area contributed by atoms with Gasteiger partial charge in [-0.25, -0.2) is 4.79 Å². The molecule has 1 atom stereocenters. The Kier molecular flexibility index (Phi) is 3.40. The summed E-state index contributed by atoms with van der Waals surface area (Å²) in [6.45, 7) is 1.76. The van der Waals surface area contributed by atoms with E-state index in [1.165, 1.54) is 0 Å². The maximum atomic E-state index is 11.8. The molecule has 1 saturated heterocycles. The molecule has 1 aliphatic heterocycles. The molecule has 0 aliphatic carbocycles. The number of esters is 1. The molecule has 4 heteroatoms. The van der Waals surface area contributed by atoms with E-state index >= 15 is 0 Å². The summed E-state index contributed by atoms with van der Waals surface area (Å²) in [5, 5.41) is 8.65. The quantitative estimate of drug-likeness (QED) is 0.721. The number of nitrogens with zero attached hydrogens (tertiary/aromatic N) is 2. The van der Waals surface area contributed by atoms with E-state index in [2.05, 4.69) is 4.90 Å². The van der Waals surface area contributed by atoms with Crippen molar-refractivity contribution in [3.8, 4) is 6.07 Å². The molecule has 17 heavy (non-hydrogen) atoms. The lowest BCUT2D eigenvalue weighted by Gasteiger charge is -2.12. The number of rotatable bonds is 2. The van der Waals surface area contributed by atoms with Gasteiger partial charge in [0.15, 0.2) is 0 Å². The van der Waals surface area contributed by atoms with Crippen LogP contribution in [0, 0.1) is 11.3 Å². The third-order valence-corrected chi connectivity index (χ3v) is 2.87. The van der Waals surface area contributed by atoms with Crippen molar-refractivity contribution in [1.82, 2.24) is 4.90 Å². The fourth-order valence-corrected chi connectivity index (χ4v) is 1.89. The van der Waals surface area contributed by atoms with Crippen LogP contribution in [0.2, 0.25) is 0 Å². The molecule has 0 N–H and O–H groups in total. The van der Waals surface area contributed by atoms with Gasteiger partial charge in [0.25, 0.3) is 0 Å². The number of ether oxygens (including phenoxy) is 1. The van der Waals surface area contributed by atoms with Crippen LogP contribution in [0.15, 0.2) is 24.3 Å². The summed E-state index contributed by atoms with van der Waals surface area (Å²) in [6, 6.07) is 8.51. The summed E-state index contributed by atoms with van der Waals surface area (Å²) >= 11 is 0. The Labute approximate surface area is 100 Å². The summed E-state index contributed by atoms with van der Waals surface area (Å²) in [6.07, 6.45) is 0.876. The first-order valence-corrected chi connectivity index (χ1v) is 5.59. The van der Waals surface area contributed by atoms with Gasteiger partial charge in [-0.3, -0.25) is 0 Å². The smallest absolute Gasteiger partial charge is 0.338 e. The lowest BCUT2D eigenvalue weighted by atomic mass is 10.1. The first-order valence-electron chi connectivity index (χ1n) is 5.59. The topological polar surface area (TPSA) is 53.3 Å². The molecule has 0 bridgehead atoms. The van der Waals surface area contributed by atoms with Crippen molar-refractivity contribution in [2.45, 2.75) is 12.5 Å². The van der Waals surface area contributed by atoms with Gasteiger partial charge in [0.05, 0.1) is 17.2 Å². The molecule has 1 fully saturated rings. The third-order valence-electron chi connectivity index (χ3n) is 2.87. The van der Waals surface area contributed by atoms with Gasteiger partial charge in [0.2, 0.25) is 0 Å². The molecular weight excluding hydrogens is 216 g/mol. The number of hydrogen-bond donors (Lipinski definition) is 0. The number of benzene rings is 1. The van der Waals surface area contributed by atoms with Crippen molar-refractivity contribution < 1.29 is 9.53 Å². The summed E-state index contributed by atoms with van der Waals surface area (Å²) in [7, 11) is 2.01. The second kappa shape index (κ2) is 4.98. The van der Waals surface area contributed by atoms with E-state index in [1.807, 2.05) is 13.1 Å². The second-order valence-corrected chi connectivity index (χ2v) is 4.27. The molecule has 0 aromatic heterocycles. The predicted molar refractivity (Wildman–Crippen MR) is 62.5 cm³/mol. The van der Waals surface area contributed by atoms with Gasteiger partial charge in [0.1, 0.15) is 6.10 Å². The Morgan fingerprint density at radius 3 is 2.71 bits per heavy atom. The van der Waals surface area contributed by atoms with Crippen LogP contribution in [0.4, 0.5) is 0 Å². The molecule has 1 aliphatic rings. The Bertz CT molecular complexity index is 447. The van der Waals surface area contributed by atoms with E-state index in [1.54, 1.807) is 24.3 Å². The molecule has 88 valence electrons. The average molecular weight is 230 g/mol. The van der Waals surface area contributed by atoms with Gasteiger partial charge in [-0.15, -0.1) is 0 Å². The van der Waals surface area contributed by atoms with Crippen LogP contribution in [0.1, 0.15) is 22.3 Å². The molecule has 2 rings (SSSR count). The Balaban J connectivity index is 1.97. The number of hydrogen-bond acceptors (Lipinski definition) is 4. The molecule has 0 unspecified atom stereocenters. The van der Waals surface area contributed by atoms with Crippen LogP contribution in [-0.2, 0) is 4.74 Å². The molecule has 1 aromatic rings. The van der Waals surface area contributed by atoms with Gasteiger partial charge >= 0.3 is 5.97 Å². The monoisotopic (exact) mass is 230 g/mol. The highest BCUT2D eigenvalue weighted by Crippen LogP contribution is 2.13. The van der Waals surface area contributed by atoms with Crippen LogP contribution < -0.4 is 0 Å². The predicted octanol–water partition coefficient (Wildman–Crippen LogP) is 1.42. The summed E-state index contributed by atoms with van der Waals surface area (Å²) in [4.78, 5) is 13.9. The van der Waals surface area contributed by atoms with Gasteiger partial charge in [-0.2, -0.15) is 5.26 Å². The zero-order chi connectivity index (χ0) is 12.3. The molecule has 1 heterocycles. The number of carbonyl (C=O) groups is 1. The highest BCUT2D eigenvalue weighted by molar-refractivity contribution is 5.89. The second-order valence-electron chi connectivity index (χ2n) is 4.27. The van der Waals surface area contributed by atoms with Gasteiger partial charge in [-0.05, 0) is 37.7 Å². The SMILES string of the molecule is CN1CC[C@@H](OC(=O)c2ccc(C#N)cc2)C1. The third kappa shape index (κ3) is 2.83. The Morgan fingerprint density at radius 2 is 2.18 bits per heavy atom. The molecule has 0 radical (unpaired) electrons. The minimum absolute atomic E-state index is 0.0110. The number of likely N-dealkylation sites (N-methyl/N-ethyl adjacent to an activating group) is 1. The first-order chi connectivity index (χ1) is 8.19. The van der Waals surface area contributed by atoms with Crippen molar-refractivity contribution in [3.05, 3.63) is 35.4 Å². The van der Waals surface area contributed by atoms with Crippen LogP contribution in [0.5, 0.6) is 0 Å². The van der Waals surface area contributed by atoms with E-state index in [4.69, 9.17) is 10.00 Å². The first kappa shape index (κ1) is 11.6. The van der Waals surface area contributed by atoms with Crippen LogP contribution in [0.3, 0.4) is 0 Å². The maximum Gasteiger partial charge on any atom is 0.338 e. The lowest BCUT2D eigenvalue weighted by Crippen LogP contribution is -2.22. The fourth-order valence-electron chi connectivity index (χ4n) is 1.89. The largest absolute Gasteiger partial charge is 0.457 e. The van der Waals surface area contributed by atoms with Crippen molar-refractivity contribution in [1.29, 1.82) is 5.26 Å². The van der Waals surface area contributed by atoms with Gasteiger partial charge in [-0.1, -0.05) is 0 Å². The standard InChI is InChI=1S/C13H14N2O2/c1-15-7-6-12(9-15)17-13(16)11-4-2-10(8-14)3-5-11/h2-5,12H,6-7,9H2,1H3/t12-/m1/s1. The average Bonchev–Trinajstić information content (AvgIpc) is 2.75. The Hall–Kier alpha value is -1.86. The van der Waals surface area contributed by atoms with Crippen molar-refractivity contribution in [3.63, 3.8) is 0 Å². The number of likely N-dealkylation sites (tertiary alicyclic amines) is 1. The molecule has 1 aromatic carbocycles. The molecule has 0 saturated carbocycles. The van der Waals surface area contributed by atoms with E-state index < -0.39 is 0 Å². The van der Waals surface area contributed by atoms with Gasteiger partial charge in [0, 0.05) is 13.1 Å². The number of nitriles is 1. The maximum absolute atomic E-state index is 11.8. The lowest BCUT2D eigenvalue weighted by molar-refractivity contribution is 0.0327. The minimum atomic E-state index is -0.310. The van der Waals surface area contributed by atoms with E-state index in [9.17, 15) is 4.79 Å². The van der Waals surface area contributed by atoms with Gasteiger partial charge < -0.3 is 9.64 Å². The van der Waals surface area contributed by atoms with Crippen molar-refractivity contribution in [2.75, 3.05) is 20.1 Å². The zero-order valence-electron chi connectivity index (χ0n) is 9.72. The van der Waals surface area contributed by atoms with E-state index in [0.29, 0.717) is 11.1 Å². The highest BCUT2D eigenvalue weighted by Gasteiger charge is 2.23. The summed E-state index contributed by atoms with van der Waals surface area (Å²) in [5.74, 6) is -0.310.